The van der Waals surface area contributed by atoms with Crippen molar-refractivity contribution in [1.82, 2.24) is 5.32 Å². The molecule has 0 saturated carbocycles. The normalized spacial score (nSPS) is 11.5. The second-order valence-corrected chi connectivity index (χ2v) is 6.29. The number of para-hydroxylation sites is 1. The number of anilines is 1. The highest BCUT2D eigenvalue weighted by Crippen LogP contribution is 2.19. The van der Waals surface area contributed by atoms with Gasteiger partial charge in [-0.2, -0.15) is 0 Å². The van der Waals surface area contributed by atoms with Crippen LogP contribution in [0.3, 0.4) is 0 Å². The van der Waals surface area contributed by atoms with Gasteiger partial charge >= 0.3 is 0 Å². The van der Waals surface area contributed by atoms with Crippen LogP contribution in [0.1, 0.15) is 23.7 Å². The number of nitrogens with one attached hydrogen (secondary N) is 2. The van der Waals surface area contributed by atoms with E-state index in [1.807, 2.05) is 0 Å². The molecule has 0 aliphatic carbocycles. The van der Waals surface area contributed by atoms with Crippen molar-refractivity contribution in [3.8, 4) is 5.75 Å². The monoisotopic (exact) mass is 390 g/mol. The summed E-state index contributed by atoms with van der Waals surface area (Å²) in [5.41, 5.74) is 0.820. The molecule has 0 aromatic heterocycles. The van der Waals surface area contributed by atoms with Crippen LogP contribution in [-0.2, 0) is 9.53 Å². The lowest BCUT2D eigenvalue weighted by Crippen LogP contribution is -2.32. The topological polar surface area (TPSA) is 76.7 Å². The Morgan fingerprint density at radius 3 is 2.52 bits per heavy atom. The molecule has 0 aliphatic heterocycles. The summed E-state index contributed by atoms with van der Waals surface area (Å²) in [7, 11) is 1.61. The van der Waals surface area contributed by atoms with Crippen LogP contribution in [0.15, 0.2) is 48.5 Å². The quantitative estimate of drug-likeness (QED) is 0.642. The smallest absolute Gasteiger partial charge is 0.265 e. The molecule has 0 spiro atoms. The number of halogens is 1. The number of methoxy groups -OCH3 is 1. The predicted molar refractivity (Wildman–Crippen MR) is 105 cm³/mol. The molecule has 6 nitrogen and oxygen atoms in total. The summed E-state index contributed by atoms with van der Waals surface area (Å²) in [5.74, 6) is -0.0796. The van der Waals surface area contributed by atoms with Crippen molar-refractivity contribution >= 4 is 29.1 Å². The summed E-state index contributed by atoms with van der Waals surface area (Å²) in [5, 5.41) is 6.14. The van der Waals surface area contributed by atoms with Crippen molar-refractivity contribution in [2.24, 2.45) is 0 Å². The zero-order valence-electron chi connectivity index (χ0n) is 15.3. The van der Waals surface area contributed by atoms with Crippen LogP contribution in [0.25, 0.3) is 0 Å². The van der Waals surface area contributed by atoms with Gasteiger partial charge in [0.05, 0.1) is 11.3 Å². The summed E-state index contributed by atoms with van der Waals surface area (Å²) in [6.07, 6.45) is -0.0353. The number of carbonyl (C=O) groups is 2. The maximum atomic E-state index is 12.4. The zero-order chi connectivity index (χ0) is 19.6. The minimum atomic E-state index is -0.746. The molecule has 0 bridgehead atoms. The average molecular weight is 391 g/mol. The van der Waals surface area contributed by atoms with Crippen molar-refractivity contribution < 1.29 is 19.1 Å². The number of hydrogen-bond acceptors (Lipinski definition) is 4. The highest BCUT2D eigenvalue weighted by molar-refractivity contribution is 6.30. The lowest BCUT2D eigenvalue weighted by molar-refractivity contribution is -0.122. The van der Waals surface area contributed by atoms with E-state index in [-0.39, 0.29) is 11.8 Å². The second kappa shape index (κ2) is 10.5. The maximum Gasteiger partial charge on any atom is 0.265 e. The maximum absolute atomic E-state index is 12.4. The van der Waals surface area contributed by atoms with Crippen LogP contribution >= 0.6 is 11.6 Å². The average Bonchev–Trinajstić information content (AvgIpc) is 2.67. The van der Waals surface area contributed by atoms with Gasteiger partial charge in [0.1, 0.15) is 5.75 Å². The molecule has 2 amide bonds. The minimum Gasteiger partial charge on any atom is -0.481 e. The van der Waals surface area contributed by atoms with E-state index >= 15 is 0 Å². The lowest BCUT2D eigenvalue weighted by Gasteiger charge is -2.16. The van der Waals surface area contributed by atoms with Gasteiger partial charge in [-0.05, 0) is 49.7 Å². The third-order valence-corrected chi connectivity index (χ3v) is 3.99. The molecule has 2 N–H and O–H groups in total. The molecule has 0 fully saturated rings. The summed E-state index contributed by atoms with van der Waals surface area (Å²) in [6, 6.07) is 13.6. The predicted octanol–water partition coefficient (Wildman–Crippen LogP) is 3.51. The molecule has 2 aromatic rings. The second-order valence-electron chi connectivity index (χ2n) is 5.85. The van der Waals surface area contributed by atoms with Crippen LogP contribution in [0.4, 0.5) is 5.69 Å². The number of amides is 2. The summed E-state index contributed by atoms with van der Waals surface area (Å²) >= 11 is 5.84. The van der Waals surface area contributed by atoms with Gasteiger partial charge < -0.3 is 20.1 Å². The molecule has 0 radical (unpaired) electrons. The summed E-state index contributed by atoms with van der Waals surface area (Å²) in [6.45, 7) is 2.70. The van der Waals surface area contributed by atoms with E-state index in [9.17, 15) is 9.59 Å². The van der Waals surface area contributed by atoms with E-state index in [0.29, 0.717) is 41.6 Å². The van der Waals surface area contributed by atoms with Crippen molar-refractivity contribution in [2.75, 3.05) is 25.6 Å². The fourth-order valence-electron chi connectivity index (χ4n) is 2.31. The first-order valence-corrected chi connectivity index (χ1v) is 8.98. The molecule has 7 heteroatoms. The van der Waals surface area contributed by atoms with Crippen molar-refractivity contribution in [3.05, 3.63) is 59.1 Å². The first-order valence-electron chi connectivity index (χ1n) is 8.60. The fraction of sp³-hybridized carbons (Fsp3) is 0.300. The summed E-state index contributed by atoms with van der Waals surface area (Å²) in [4.78, 5) is 24.8. The Labute approximate surface area is 163 Å². The van der Waals surface area contributed by atoms with Crippen LogP contribution in [0.2, 0.25) is 5.02 Å². The van der Waals surface area contributed by atoms with Crippen molar-refractivity contribution in [3.63, 3.8) is 0 Å². The third kappa shape index (κ3) is 6.58. The Hall–Kier alpha value is -2.57. The van der Waals surface area contributed by atoms with Crippen LogP contribution in [-0.4, -0.2) is 38.2 Å². The molecule has 0 saturated heterocycles. The Kier molecular flexibility index (Phi) is 8.10. The highest BCUT2D eigenvalue weighted by Gasteiger charge is 2.18. The van der Waals surface area contributed by atoms with Crippen LogP contribution < -0.4 is 15.4 Å². The van der Waals surface area contributed by atoms with E-state index in [0.717, 1.165) is 0 Å². The molecular weight excluding hydrogens is 368 g/mol. The standard InChI is InChI=1S/C20H23ClN2O4/c1-14(27-16-10-8-15(21)9-11-16)19(24)23-18-7-4-3-6-17(18)20(25)22-12-5-13-26-2/h3-4,6-11,14H,5,12-13H2,1-2H3,(H,22,25)(H,23,24)/t14-/m1/s1. The number of benzene rings is 2. The van der Waals surface area contributed by atoms with E-state index in [4.69, 9.17) is 21.1 Å². The van der Waals surface area contributed by atoms with E-state index < -0.39 is 6.10 Å². The number of ether oxygens (including phenoxy) is 2. The van der Waals surface area contributed by atoms with Gasteiger partial charge in [-0.3, -0.25) is 9.59 Å². The van der Waals surface area contributed by atoms with Gasteiger partial charge in [0.15, 0.2) is 6.10 Å². The van der Waals surface area contributed by atoms with Gasteiger partial charge in [0, 0.05) is 25.3 Å². The zero-order valence-corrected chi connectivity index (χ0v) is 16.1. The molecule has 2 rings (SSSR count). The fourth-order valence-corrected chi connectivity index (χ4v) is 2.43. The molecule has 144 valence electrons. The summed E-state index contributed by atoms with van der Waals surface area (Å²) < 4.78 is 10.6. The molecule has 2 aromatic carbocycles. The Morgan fingerprint density at radius 2 is 1.81 bits per heavy atom. The Morgan fingerprint density at radius 1 is 1.11 bits per heavy atom. The third-order valence-electron chi connectivity index (χ3n) is 3.74. The molecule has 27 heavy (non-hydrogen) atoms. The Bertz CT molecular complexity index is 765. The number of carbonyl (C=O) groups excluding carboxylic acids is 2. The molecule has 1 atom stereocenters. The van der Waals surface area contributed by atoms with Crippen LogP contribution in [0.5, 0.6) is 5.75 Å². The SMILES string of the molecule is COCCCNC(=O)c1ccccc1NC(=O)[C@@H](C)Oc1ccc(Cl)cc1. The van der Waals surface area contributed by atoms with Gasteiger partial charge in [-0.15, -0.1) is 0 Å². The van der Waals surface area contributed by atoms with E-state index in [2.05, 4.69) is 10.6 Å². The van der Waals surface area contributed by atoms with Gasteiger partial charge in [0.25, 0.3) is 11.8 Å². The van der Waals surface area contributed by atoms with Gasteiger partial charge in [-0.25, -0.2) is 0 Å². The molecule has 0 unspecified atom stereocenters. The molecule has 0 heterocycles. The first kappa shape index (κ1) is 20.7. The van der Waals surface area contributed by atoms with E-state index in [1.165, 1.54) is 0 Å². The van der Waals surface area contributed by atoms with Gasteiger partial charge in [0.2, 0.25) is 0 Å². The van der Waals surface area contributed by atoms with Crippen molar-refractivity contribution in [1.29, 1.82) is 0 Å². The largest absolute Gasteiger partial charge is 0.481 e. The first-order chi connectivity index (χ1) is 13.0. The highest BCUT2D eigenvalue weighted by atomic mass is 35.5. The number of hydrogen-bond donors (Lipinski definition) is 2. The van der Waals surface area contributed by atoms with Gasteiger partial charge in [-0.1, -0.05) is 23.7 Å². The van der Waals surface area contributed by atoms with Crippen LogP contribution in [0, 0.1) is 0 Å². The van der Waals surface area contributed by atoms with E-state index in [1.54, 1.807) is 62.6 Å². The minimum absolute atomic E-state index is 0.256. The van der Waals surface area contributed by atoms with Crippen molar-refractivity contribution in [2.45, 2.75) is 19.4 Å². The molecule has 0 aliphatic rings. The lowest BCUT2D eigenvalue weighted by atomic mass is 10.1. The Balaban J connectivity index is 1.98. The molecular formula is C20H23ClN2O4. The number of rotatable bonds is 9.